The zero-order valence-corrected chi connectivity index (χ0v) is 61.6. The van der Waals surface area contributed by atoms with Crippen LogP contribution in [0.4, 0.5) is 0 Å². The molecule has 0 aromatic heterocycles. The van der Waals surface area contributed by atoms with E-state index in [1.807, 2.05) is 12.2 Å². The topological polar surface area (TPSA) is 307 Å². The van der Waals surface area contributed by atoms with Crippen molar-refractivity contribution in [3.05, 3.63) is 97.2 Å². The Bertz CT molecular complexity index is 2190. The number of carbonyl (C=O) groups excluding carboxylic acids is 1. The molecule has 0 aromatic rings. The number of amides is 1. The number of unbranched alkanes of at least 4 members (excludes halogenated alkanes) is 31. The second-order valence-corrected chi connectivity index (χ2v) is 27.8. The first-order valence-electron chi connectivity index (χ1n) is 39.5. The third-order valence-electron chi connectivity index (χ3n) is 19.1. The van der Waals surface area contributed by atoms with Gasteiger partial charge in [0.05, 0.1) is 38.6 Å². The Balaban J connectivity index is 1.40. The summed E-state index contributed by atoms with van der Waals surface area (Å²) in [5.74, 6) is -0.334. The lowest BCUT2D eigenvalue weighted by Crippen LogP contribution is -2.66. The molecule has 0 radical (unpaired) electrons. The monoisotopic (exact) mass is 1420 g/mol. The van der Waals surface area contributed by atoms with E-state index in [1.54, 1.807) is 6.08 Å². The van der Waals surface area contributed by atoms with Gasteiger partial charge in [-0.1, -0.05) is 297 Å². The molecule has 3 rings (SSSR count). The fourth-order valence-corrected chi connectivity index (χ4v) is 12.8. The number of hydrogen-bond donors (Lipinski definition) is 12. The van der Waals surface area contributed by atoms with Gasteiger partial charge in [-0.2, -0.15) is 0 Å². The second-order valence-electron chi connectivity index (χ2n) is 27.8. The Morgan fingerprint density at radius 3 is 1.07 bits per heavy atom. The molecule has 0 aromatic carbocycles. The molecule has 19 heteroatoms. The van der Waals surface area contributed by atoms with Crippen molar-refractivity contribution in [3.8, 4) is 0 Å². The quantitative estimate of drug-likeness (QED) is 0.0199. The molecule has 0 saturated carbocycles. The summed E-state index contributed by atoms with van der Waals surface area (Å²) >= 11 is 0. The van der Waals surface area contributed by atoms with E-state index in [0.717, 1.165) is 70.6 Å². The molecular weight excluding hydrogens is 1270 g/mol. The third kappa shape index (κ3) is 40.8. The number of nitrogens with one attached hydrogen (secondary N) is 1. The van der Waals surface area contributed by atoms with Gasteiger partial charge in [0.15, 0.2) is 18.9 Å². The number of aliphatic hydroxyl groups excluding tert-OH is 11. The van der Waals surface area contributed by atoms with Crippen LogP contribution in [0.25, 0.3) is 0 Å². The summed E-state index contributed by atoms with van der Waals surface area (Å²) in [5, 5.41) is 121. The zero-order chi connectivity index (χ0) is 72.5. The van der Waals surface area contributed by atoms with Crippen LogP contribution in [0.2, 0.25) is 0 Å². The van der Waals surface area contributed by atoms with Crippen molar-refractivity contribution in [1.29, 1.82) is 0 Å². The second kappa shape index (κ2) is 60.9. The predicted molar refractivity (Wildman–Crippen MR) is 397 cm³/mol. The minimum Gasteiger partial charge on any atom is -0.394 e. The first-order chi connectivity index (χ1) is 48.8. The van der Waals surface area contributed by atoms with Gasteiger partial charge >= 0.3 is 0 Å². The standard InChI is InChI=1S/C81H141NO18/c1-3-5-7-9-11-13-15-17-19-21-23-25-27-28-29-30-31-32-33-34-35-37-38-40-42-44-46-48-50-52-54-56-58-65(86)64(82-69(87)59-57-55-53-51-49-47-45-43-41-39-36-26-24-22-20-18-16-14-12-10-8-6-4-2)63-95-79-75(93)72(90)77(67(61-84)97-79)100-81-76(94)73(91)78(68(62-85)98-81)99-80-74(92)71(89)70(88)66(60-83)96-80/h6,8,12,14,18,20,24,26,39,41,45,47,51,53,56,58,64-68,70-81,83-86,88-94H,3-5,7,9-11,13,15-17,19,21-23,25,27-38,40,42-44,46,48-50,52,54-55,57,59-63H2,1-2H3,(H,82,87)/b8-6-,14-12-,20-18-,26-24-,41-39-,47-45-,53-51-,58-56+. The van der Waals surface area contributed by atoms with Crippen molar-refractivity contribution >= 4 is 5.91 Å². The van der Waals surface area contributed by atoms with Crippen LogP contribution in [-0.4, -0.2) is 193 Å². The maximum atomic E-state index is 13.4. The highest BCUT2D eigenvalue weighted by Crippen LogP contribution is 2.33. The smallest absolute Gasteiger partial charge is 0.220 e. The lowest BCUT2D eigenvalue weighted by Gasteiger charge is -2.48. The number of rotatable bonds is 61. The molecule has 3 heterocycles. The molecule has 578 valence electrons. The molecule has 19 nitrogen and oxygen atoms in total. The fourth-order valence-electron chi connectivity index (χ4n) is 12.8. The molecule has 100 heavy (non-hydrogen) atoms. The fraction of sp³-hybridized carbons (Fsp3) is 0.790. The Kier molecular flexibility index (Phi) is 55.4. The minimum absolute atomic E-state index is 0.158. The zero-order valence-electron chi connectivity index (χ0n) is 61.6. The molecule has 3 aliphatic heterocycles. The van der Waals surface area contributed by atoms with Crippen molar-refractivity contribution in [1.82, 2.24) is 5.32 Å². The van der Waals surface area contributed by atoms with Gasteiger partial charge in [-0.15, -0.1) is 0 Å². The SMILES string of the molecule is CC/C=C\C/C=C\C/C=C\C/C=C\C/C=C\C/C=C\C/C=C\CCCC(=O)NC(COC1OC(CO)C(OC2OC(CO)C(OC3OC(CO)C(O)C(O)C3O)C(O)C2O)C(O)C1O)C(O)/C=C/CCCCCCCCCCCCCCCCCCCCCCCCCCCCCCCC. The van der Waals surface area contributed by atoms with Crippen molar-refractivity contribution in [3.63, 3.8) is 0 Å². The summed E-state index contributed by atoms with van der Waals surface area (Å²) in [6.07, 6.45) is 55.5. The van der Waals surface area contributed by atoms with Gasteiger partial charge in [-0.05, 0) is 70.6 Å². The molecule has 17 unspecified atom stereocenters. The van der Waals surface area contributed by atoms with Crippen LogP contribution in [0.15, 0.2) is 97.2 Å². The van der Waals surface area contributed by atoms with Crippen LogP contribution in [0.3, 0.4) is 0 Å². The summed E-state index contributed by atoms with van der Waals surface area (Å²) < 4.78 is 34.4. The van der Waals surface area contributed by atoms with Crippen LogP contribution >= 0.6 is 0 Å². The molecule has 1 amide bonds. The highest BCUT2D eigenvalue weighted by atomic mass is 16.8. The Morgan fingerprint density at radius 2 is 0.690 bits per heavy atom. The molecule has 3 fully saturated rings. The van der Waals surface area contributed by atoms with E-state index in [2.05, 4.69) is 98.2 Å². The van der Waals surface area contributed by atoms with Gasteiger partial charge < -0.3 is 89.9 Å². The van der Waals surface area contributed by atoms with Gasteiger partial charge in [-0.25, -0.2) is 0 Å². The average molecular weight is 1420 g/mol. The van der Waals surface area contributed by atoms with Crippen LogP contribution in [-0.2, 0) is 33.2 Å². The van der Waals surface area contributed by atoms with E-state index in [0.29, 0.717) is 12.8 Å². The van der Waals surface area contributed by atoms with E-state index in [9.17, 15) is 61.0 Å². The minimum atomic E-state index is -1.99. The summed E-state index contributed by atoms with van der Waals surface area (Å²) in [4.78, 5) is 13.4. The van der Waals surface area contributed by atoms with E-state index in [1.165, 1.54) is 173 Å². The van der Waals surface area contributed by atoms with Crippen LogP contribution in [0.5, 0.6) is 0 Å². The summed E-state index contributed by atoms with van der Waals surface area (Å²) in [5.41, 5.74) is 0. The molecule has 0 bridgehead atoms. The largest absolute Gasteiger partial charge is 0.394 e. The molecule has 0 spiro atoms. The van der Waals surface area contributed by atoms with E-state index < -0.39 is 124 Å². The first-order valence-corrected chi connectivity index (χ1v) is 39.5. The maximum absolute atomic E-state index is 13.4. The van der Waals surface area contributed by atoms with Crippen LogP contribution in [0.1, 0.15) is 277 Å². The van der Waals surface area contributed by atoms with E-state index >= 15 is 0 Å². The number of ether oxygens (including phenoxy) is 6. The molecular formula is C81H141NO18. The number of aliphatic hydroxyl groups is 11. The van der Waals surface area contributed by atoms with Gasteiger partial charge in [0.25, 0.3) is 0 Å². The molecule has 17 atom stereocenters. The van der Waals surface area contributed by atoms with E-state index in [4.69, 9.17) is 28.4 Å². The highest BCUT2D eigenvalue weighted by Gasteiger charge is 2.53. The normalized spacial score (nSPS) is 27.0. The van der Waals surface area contributed by atoms with Gasteiger partial charge in [0.1, 0.15) is 73.2 Å². The Labute approximate surface area is 603 Å². The van der Waals surface area contributed by atoms with Crippen LogP contribution in [0, 0.1) is 0 Å². The maximum Gasteiger partial charge on any atom is 0.220 e. The summed E-state index contributed by atoms with van der Waals surface area (Å²) in [7, 11) is 0. The molecule has 3 saturated heterocycles. The van der Waals surface area contributed by atoms with Crippen molar-refractivity contribution in [2.24, 2.45) is 0 Å². The van der Waals surface area contributed by atoms with Crippen LogP contribution < -0.4 is 5.32 Å². The van der Waals surface area contributed by atoms with Crippen molar-refractivity contribution < 1.29 is 89.4 Å². The Hall–Kier alpha value is -3.29. The molecule has 12 N–H and O–H groups in total. The summed E-state index contributed by atoms with van der Waals surface area (Å²) in [6.45, 7) is 1.60. The lowest BCUT2D eigenvalue weighted by molar-refractivity contribution is -0.379. The lowest BCUT2D eigenvalue weighted by atomic mass is 9.96. The first kappa shape index (κ1) is 90.9. The summed E-state index contributed by atoms with van der Waals surface area (Å²) in [6, 6.07) is -1.01. The molecule has 3 aliphatic rings. The van der Waals surface area contributed by atoms with Gasteiger partial charge in [0.2, 0.25) is 5.91 Å². The highest BCUT2D eigenvalue weighted by molar-refractivity contribution is 5.76. The van der Waals surface area contributed by atoms with Crippen molar-refractivity contribution in [2.45, 2.75) is 381 Å². The van der Waals surface area contributed by atoms with Crippen molar-refractivity contribution in [2.75, 3.05) is 26.4 Å². The third-order valence-corrected chi connectivity index (χ3v) is 19.1. The number of allylic oxidation sites excluding steroid dienone is 15. The number of carbonyl (C=O) groups is 1. The predicted octanol–water partition coefficient (Wildman–Crippen LogP) is 12.8. The van der Waals surface area contributed by atoms with E-state index in [-0.39, 0.29) is 18.9 Å². The van der Waals surface area contributed by atoms with Gasteiger partial charge in [-0.3, -0.25) is 4.79 Å². The van der Waals surface area contributed by atoms with Gasteiger partial charge in [0, 0.05) is 6.42 Å². The molecule has 0 aliphatic carbocycles. The number of hydrogen-bond acceptors (Lipinski definition) is 18. The average Bonchev–Trinajstić information content (AvgIpc) is 0.783. The Morgan fingerprint density at radius 1 is 0.370 bits per heavy atom.